The highest BCUT2D eigenvalue weighted by atomic mass is 35.5. The number of carbonyl (C=O) groups excluding carboxylic acids is 4. The Balaban J connectivity index is 2.30. The van der Waals surface area contributed by atoms with Crippen molar-refractivity contribution in [3.8, 4) is 5.75 Å². The third-order valence-electron chi connectivity index (χ3n) is 6.99. The molecule has 0 spiro atoms. The van der Waals surface area contributed by atoms with E-state index in [0.717, 1.165) is 5.56 Å². The zero-order chi connectivity index (χ0) is 34.2. The minimum absolute atomic E-state index is 0.0565. The maximum Gasteiger partial charge on any atom is 0.243 e. The first-order valence-electron chi connectivity index (χ1n) is 14.7. The Morgan fingerprint density at radius 3 is 1.96 bits per heavy atom. The van der Waals surface area contributed by atoms with Crippen LogP contribution in [-0.2, 0) is 32.0 Å². The van der Waals surface area contributed by atoms with Crippen LogP contribution in [0.4, 0.5) is 0 Å². The van der Waals surface area contributed by atoms with Crippen LogP contribution in [0.25, 0.3) is 0 Å². The fraction of sp³-hybridized carbons (Fsp3) is 0.433. The van der Waals surface area contributed by atoms with E-state index in [-0.39, 0.29) is 59.5 Å². The lowest BCUT2D eigenvalue weighted by Crippen LogP contribution is -2.58. The number of hydrogen-bond acceptors (Lipinski definition) is 8. The SMILES string of the molecule is NCCCC[C@H](NC(=O)[C@H](Cc1c(Cl)cc(O)cc1Cl)NC(=O)[C@H](N)CCCN=C(N)N)C(=O)N[C@@H](Cc1ccccc1)C(N)=O. The molecular formula is C30H43Cl2N9O5. The molecule has 252 valence electrons. The van der Waals surface area contributed by atoms with Crippen molar-refractivity contribution in [1.29, 1.82) is 0 Å². The highest BCUT2D eigenvalue weighted by Gasteiger charge is 2.31. The molecule has 46 heavy (non-hydrogen) atoms. The van der Waals surface area contributed by atoms with Crippen LogP contribution in [0.3, 0.4) is 0 Å². The summed E-state index contributed by atoms with van der Waals surface area (Å²) in [6.07, 6.45) is 1.76. The molecule has 0 aliphatic rings. The fourth-order valence-corrected chi connectivity index (χ4v) is 5.14. The van der Waals surface area contributed by atoms with Gasteiger partial charge in [0, 0.05) is 29.4 Å². The normalized spacial score (nSPS) is 13.5. The van der Waals surface area contributed by atoms with Gasteiger partial charge in [-0.1, -0.05) is 53.5 Å². The molecule has 0 bridgehead atoms. The number of halogens is 2. The average Bonchev–Trinajstić information content (AvgIpc) is 2.99. The number of phenolic OH excluding ortho intramolecular Hbond substituents is 1. The number of carbonyl (C=O) groups is 4. The summed E-state index contributed by atoms with van der Waals surface area (Å²) in [5.74, 6) is -3.08. The third-order valence-corrected chi connectivity index (χ3v) is 7.67. The minimum atomic E-state index is -1.29. The van der Waals surface area contributed by atoms with Crippen molar-refractivity contribution in [3.63, 3.8) is 0 Å². The minimum Gasteiger partial charge on any atom is -0.508 e. The van der Waals surface area contributed by atoms with Gasteiger partial charge in [0.05, 0.1) is 6.04 Å². The number of nitrogens with zero attached hydrogens (tertiary/aromatic N) is 1. The average molecular weight is 681 g/mol. The van der Waals surface area contributed by atoms with Gasteiger partial charge in [-0.05, 0) is 61.9 Å². The Bertz CT molecular complexity index is 1340. The summed E-state index contributed by atoms with van der Waals surface area (Å²) in [5, 5.41) is 17.9. The predicted molar refractivity (Wildman–Crippen MR) is 178 cm³/mol. The summed E-state index contributed by atoms with van der Waals surface area (Å²) in [5.41, 5.74) is 29.0. The van der Waals surface area contributed by atoms with Crippen LogP contribution < -0.4 is 44.6 Å². The van der Waals surface area contributed by atoms with Gasteiger partial charge in [-0.25, -0.2) is 0 Å². The van der Waals surface area contributed by atoms with Gasteiger partial charge in [-0.15, -0.1) is 0 Å². The molecule has 0 saturated heterocycles. The molecule has 14 nitrogen and oxygen atoms in total. The molecule has 0 unspecified atom stereocenters. The van der Waals surface area contributed by atoms with Gasteiger partial charge < -0.3 is 49.7 Å². The second-order valence-corrected chi connectivity index (χ2v) is 11.5. The number of unbranched alkanes of at least 4 members (excludes halogenated alkanes) is 1. The lowest BCUT2D eigenvalue weighted by atomic mass is 10.0. The number of primary amides is 1. The van der Waals surface area contributed by atoms with Crippen LogP contribution in [-0.4, -0.2) is 72.0 Å². The largest absolute Gasteiger partial charge is 0.508 e. The summed E-state index contributed by atoms with van der Waals surface area (Å²) in [7, 11) is 0. The second-order valence-electron chi connectivity index (χ2n) is 10.7. The van der Waals surface area contributed by atoms with E-state index < -0.39 is 47.8 Å². The number of nitrogens with two attached hydrogens (primary N) is 5. The number of phenols is 1. The van der Waals surface area contributed by atoms with Crippen LogP contribution in [0.5, 0.6) is 5.75 Å². The van der Waals surface area contributed by atoms with Crippen molar-refractivity contribution in [2.45, 2.75) is 69.1 Å². The Labute approximate surface area is 277 Å². The maximum atomic E-state index is 13.7. The molecule has 0 aliphatic carbocycles. The predicted octanol–water partition coefficient (Wildman–Crippen LogP) is -0.0662. The highest BCUT2D eigenvalue weighted by Crippen LogP contribution is 2.30. The van der Waals surface area contributed by atoms with Crippen LogP contribution in [0.15, 0.2) is 47.5 Å². The molecule has 4 atom stereocenters. The summed E-state index contributed by atoms with van der Waals surface area (Å²) >= 11 is 12.6. The molecular weight excluding hydrogens is 637 g/mol. The zero-order valence-electron chi connectivity index (χ0n) is 25.4. The third kappa shape index (κ3) is 13.1. The Kier molecular flexibility index (Phi) is 16.1. The maximum absolute atomic E-state index is 13.7. The van der Waals surface area contributed by atoms with E-state index >= 15 is 0 Å². The van der Waals surface area contributed by atoms with Gasteiger partial charge in [0.1, 0.15) is 23.9 Å². The van der Waals surface area contributed by atoms with Crippen LogP contribution in [0.1, 0.15) is 43.2 Å². The van der Waals surface area contributed by atoms with Crippen LogP contribution >= 0.6 is 23.2 Å². The van der Waals surface area contributed by atoms with E-state index in [2.05, 4.69) is 20.9 Å². The van der Waals surface area contributed by atoms with E-state index in [4.69, 9.17) is 51.9 Å². The molecule has 0 saturated carbocycles. The van der Waals surface area contributed by atoms with Crippen molar-refractivity contribution in [1.82, 2.24) is 16.0 Å². The first-order chi connectivity index (χ1) is 21.8. The first kappa shape index (κ1) is 38.1. The molecule has 0 fully saturated rings. The van der Waals surface area contributed by atoms with Gasteiger partial charge >= 0.3 is 0 Å². The van der Waals surface area contributed by atoms with Crippen molar-refractivity contribution < 1.29 is 24.3 Å². The Morgan fingerprint density at radius 1 is 0.783 bits per heavy atom. The summed E-state index contributed by atoms with van der Waals surface area (Å²) in [6, 6.07) is 7.00. The fourth-order valence-electron chi connectivity index (χ4n) is 4.51. The number of hydrogen-bond donors (Lipinski definition) is 9. The number of nitrogens with one attached hydrogen (secondary N) is 3. The van der Waals surface area contributed by atoms with Crippen molar-refractivity contribution in [2.75, 3.05) is 13.1 Å². The molecule has 0 aliphatic heterocycles. The van der Waals surface area contributed by atoms with Crippen molar-refractivity contribution in [2.24, 2.45) is 33.7 Å². The standard InChI is InChI=1S/C30H43Cl2N9O5/c31-20-14-18(42)15-21(32)19(20)16-25(41-27(44)22(34)9-6-12-38-30(36)37)29(46)39-23(10-4-5-11-33)28(45)40-24(26(35)43)13-17-7-2-1-3-8-17/h1-3,7-8,14-15,22-25,42H,4-6,9-13,16,33-34H2,(H2,35,43)(H,39,46)(H,40,45)(H,41,44)(H4,36,37,38)/t22-,23+,24+,25+/m1/s1. The van der Waals surface area contributed by atoms with Gasteiger partial charge in [-0.2, -0.15) is 0 Å². The molecule has 14 N–H and O–H groups in total. The highest BCUT2D eigenvalue weighted by molar-refractivity contribution is 6.36. The zero-order valence-corrected chi connectivity index (χ0v) is 26.9. The Morgan fingerprint density at radius 2 is 1.37 bits per heavy atom. The van der Waals surface area contributed by atoms with Crippen LogP contribution in [0.2, 0.25) is 10.0 Å². The number of rotatable bonds is 19. The second kappa shape index (κ2) is 19.4. The molecule has 0 heterocycles. The molecule has 4 amide bonds. The molecule has 16 heteroatoms. The summed E-state index contributed by atoms with van der Waals surface area (Å²) < 4.78 is 0. The molecule has 2 aromatic rings. The topological polar surface area (TPSA) is 267 Å². The molecule has 0 aromatic heterocycles. The number of amides is 4. The lowest BCUT2D eigenvalue weighted by Gasteiger charge is -2.26. The van der Waals surface area contributed by atoms with Gasteiger partial charge in [-0.3, -0.25) is 24.2 Å². The number of guanidine groups is 1. The monoisotopic (exact) mass is 679 g/mol. The molecule has 2 aromatic carbocycles. The van der Waals surface area contributed by atoms with Gasteiger partial charge in [0.15, 0.2) is 5.96 Å². The number of benzene rings is 2. The van der Waals surface area contributed by atoms with Gasteiger partial charge in [0.2, 0.25) is 23.6 Å². The summed E-state index contributed by atoms with van der Waals surface area (Å²) in [4.78, 5) is 56.4. The first-order valence-corrected chi connectivity index (χ1v) is 15.5. The smallest absolute Gasteiger partial charge is 0.243 e. The molecule has 0 radical (unpaired) electrons. The summed E-state index contributed by atoms with van der Waals surface area (Å²) in [6.45, 7) is 0.611. The van der Waals surface area contributed by atoms with E-state index in [9.17, 15) is 24.3 Å². The van der Waals surface area contributed by atoms with Gasteiger partial charge in [0.25, 0.3) is 0 Å². The number of aliphatic imine (C=N–C) groups is 1. The van der Waals surface area contributed by atoms with E-state index in [1.807, 2.05) is 6.07 Å². The van der Waals surface area contributed by atoms with Crippen molar-refractivity contribution >= 4 is 52.8 Å². The van der Waals surface area contributed by atoms with E-state index in [1.165, 1.54) is 12.1 Å². The van der Waals surface area contributed by atoms with E-state index in [1.54, 1.807) is 24.3 Å². The van der Waals surface area contributed by atoms with E-state index in [0.29, 0.717) is 25.8 Å². The quantitative estimate of drug-likeness (QED) is 0.0545. The Hall–Kier alpha value is -4.11. The van der Waals surface area contributed by atoms with Crippen LogP contribution in [0, 0.1) is 0 Å². The molecule has 2 rings (SSSR count). The lowest BCUT2D eigenvalue weighted by molar-refractivity contribution is -0.133. The number of aromatic hydroxyl groups is 1. The van der Waals surface area contributed by atoms with Crippen molar-refractivity contribution in [3.05, 3.63) is 63.6 Å².